The smallest absolute Gasteiger partial charge is 0.311 e. The lowest BCUT2D eigenvalue weighted by molar-refractivity contribution is -0.384. The fourth-order valence-corrected chi connectivity index (χ4v) is 1.67. The number of nitro groups is 1. The van der Waals surface area contributed by atoms with E-state index >= 15 is 0 Å². The molecule has 1 aromatic heterocycles. The maximum Gasteiger partial charge on any atom is 0.311 e. The number of rotatable bonds is 6. The van der Waals surface area contributed by atoms with Crippen LogP contribution in [0.1, 0.15) is 6.92 Å². The Morgan fingerprint density at radius 3 is 2.67 bits per heavy atom. The van der Waals surface area contributed by atoms with Crippen LogP contribution < -0.4 is 10.6 Å². The summed E-state index contributed by atoms with van der Waals surface area (Å²) in [6.45, 7) is 2.72. The van der Waals surface area contributed by atoms with E-state index in [1.165, 1.54) is 6.07 Å². The van der Waals surface area contributed by atoms with Crippen LogP contribution >= 0.6 is 0 Å². The molecular weight excluding hydrogens is 234 g/mol. The highest BCUT2D eigenvalue weighted by Crippen LogP contribution is 2.24. The van der Waals surface area contributed by atoms with E-state index in [0.717, 1.165) is 6.54 Å². The number of pyridine rings is 1. The van der Waals surface area contributed by atoms with E-state index in [1.54, 1.807) is 13.1 Å². The van der Waals surface area contributed by atoms with Gasteiger partial charge in [0.15, 0.2) is 0 Å². The average molecular weight is 253 g/mol. The highest BCUT2D eigenvalue weighted by molar-refractivity contribution is 5.60. The predicted octanol–water partition coefficient (Wildman–Crippen LogP) is 1.39. The number of nitrogens with one attached hydrogen (secondary N) is 2. The minimum absolute atomic E-state index is 0.0143. The van der Waals surface area contributed by atoms with Gasteiger partial charge in [-0.1, -0.05) is 0 Å². The summed E-state index contributed by atoms with van der Waals surface area (Å²) in [7, 11) is 5.62. The molecule has 1 atom stereocenters. The molecule has 2 N–H and O–H groups in total. The van der Waals surface area contributed by atoms with Crippen molar-refractivity contribution in [2.24, 2.45) is 0 Å². The monoisotopic (exact) mass is 253 g/mol. The predicted molar refractivity (Wildman–Crippen MR) is 72.1 cm³/mol. The van der Waals surface area contributed by atoms with Crippen LogP contribution in [0.15, 0.2) is 12.1 Å². The Morgan fingerprint density at radius 2 is 2.17 bits per heavy atom. The molecule has 0 saturated carbocycles. The van der Waals surface area contributed by atoms with E-state index in [9.17, 15) is 10.1 Å². The van der Waals surface area contributed by atoms with Gasteiger partial charge in [0.2, 0.25) is 5.82 Å². The second-order valence-corrected chi connectivity index (χ2v) is 4.38. The van der Waals surface area contributed by atoms with Gasteiger partial charge in [-0.3, -0.25) is 10.1 Å². The van der Waals surface area contributed by atoms with E-state index in [0.29, 0.717) is 11.6 Å². The summed E-state index contributed by atoms with van der Waals surface area (Å²) in [5.41, 5.74) is -0.0143. The minimum atomic E-state index is -0.433. The fraction of sp³-hybridized carbons (Fsp3) is 0.545. The highest BCUT2D eigenvalue weighted by Gasteiger charge is 2.17. The molecule has 7 heteroatoms. The summed E-state index contributed by atoms with van der Waals surface area (Å²) >= 11 is 0. The lowest BCUT2D eigenvalue weighted by atomic mass is 10.3. The summed E-state index contributed by atoms with van der Waals surface area (Å²) in [6, 6.07) is 3.10. The second-order valence-electron chi connectivity index (χ2n) is 4.38. The standard InChI is InChI=1S/C11H19N5O2/c1-8(7-15(3)4)13-11-9(16(17)18)5-6-10(12-2)14-11/h5-6,8H,7H2,1-4H3,(H2,12,13,14). The van der Waals surface area contributed by atoms with Crippen molar-refractivity contribution >= 4 is 17.3 Å². The van der Waals surface area contributed by atoms with Gasteiger partial charge in [0.1, 0.15) is 5.82 Å². The molecule has 0 aliphatic carbocycles. The molecule has 0 aliphatic rings. The fourth-order valence-electron chi connectivity index (χ4n) is 1.67. The summed E-state index contributed by atoms with van der Waals surface area (Å²) < 4.78 is 0. The molecule has 0 saturated heterocycles. The highest BCUT2D eigenvalue weighted by atomic mass is 16.6. The third kappa shape index (κ3) is 3.85. The molecular formula is C11H19N5O2. The molecule has 100 valence electrons. The Hall–Kier alpha value is -1.89. The first-order chi connectivity index (χ1) is 8.43. The van der Waals surface area contributed by atoms with Crippen LogP contribution in [-0.2, 0) is 0 Å². The zero-order chi connectivity index (χ0) is 13.7. The maximum absolute atomic E-state index is 10.9. The van der Waals surface area contributed by atoms with Gasteiger partial charge >= 0.3 is 5.69 Å². The summed E-state index contributed by atoms with van der Waals surface area (Å²) in [5.74, 6) is 0.890. The molecule has 0 spiro atoms. The molecule has 1 aromatic rings. The third-order valence-electron chi connectivity index (χ3n) is 2.35. The lowest BCUT2D eigenvalue weighted by Gasteiger charge is -2.18. The molecule has 1 heterocycles. The molecule has 0 amide bonds. The maximum atomic E-state index is 10.9. The van der Waals surface area contributed by atoms with Crippen molar-refractivity contribution in [2.45, 2.75) is 13.0 Å². The molecule has 1 rings (SSSR count). The van der Waals surface area contributed by atoms with E-state index in [2.05, 4.69) is 15.6 Å². The Labute approximate surface area is 106 Å². The molecule has 0 bridgehead atoms. The van der Waals surface area contributed by atoms with Gasteiger partial charge in [-0.25, -0.2) is 4.98 Å². The molecule has 18 heavy (non-hydrogen) atoms. The number of likely N-dealkylation sites (N-methyl/N-ethyl adjacent to an activating group) is 1. The first kappa shape index (κ1) is 14.2. The Bertz CT molecular complexity index is 422. The van der Waals surface area contributed by atoms with Crippen molar-refractivity contribution < 1.29 is 4.92 Å². The van der Waals surface area contributed by atoms with Crippen LogP contribution in [0.25, 0.3) is 0 Å². The van der Waals surface area contributed by atoms with Crippen LogP contribution in [0.3, 0.4) is 0 Å². The Balaban J connectivity index is 2.93. The number of aromatic nitrogens is 1. The minimum Gasteiger partial charge on any atom is -0.373 e. The van der Waals surface area contributed by atoms with E-state index < -0.39 is 4.92 Å². The number of hydrogen-bond acceptors (Lipinski definition) is 6. The van der Waals surface area contributed by atoms with Crippen LogP contribution in [0, 0.1) is 10.1 Å². The normalized spacial score (nSPS) is 12.3. The number of nitrogens with zero attached hydrogens (tertiary/aromatic N) is 3. The van der Waals surface area contributed by atoms with Crippen molar-refractivity contribution in [1.29, 1.82) is 0 Å². The van der Waals surface area contributed by atoms with E-state index in [-0.39, 0.29) is 11.7 Å². The summed E-state index contributed by atoms with van der Waals surface area (Å²) in [6.07, 6.45) is 0. The molecule has 7 nitrogen and oxygen atoms in total. The average Bonchev–Trinajstić information content (AvgIpc) is 2.27. The largest absolute Gasteiger partial charge is 0.373 e. The van der Waals surface area contributed by atoms with Crippen LogP contribution in [0.4, 0.5) is 17.3 Å². The Morgan fingerprint density at radius 1 is 1.50 bits per heavy atom. The third-order valence-corrected chi connectivity index (χ3v) is 2.35. The number of hydrogen-bond donors (Lipinski definition) is 2. The van der Waals surface area contributed by atoms with Gasteiger partial charge in [0, 0.05) is 25.7 Å². The Kier molecular flexibility index (Phi) is 4.85. The van der Waals surface area contributed by atoms with Crippen molar-refractivity contribution in [3.63, 3.8) is 0 Å². The van der Waals surface area contributed by atoms with E-state index in [1.807, 2.05) is 25.9 Å². The van der Waals surface area contributed by atoms with Gasteiger partial charge in [0.05, 0.1) is 4.92 Å². The van der Waals surface area contributed by atoms with Crippen LogP contribution in [0.2, 0.25) is 0 Å². The van der Waals surface area contributed by atoms with Crippen LogP contribution in [0.5, 0.6) is 0 Å². The molecule has 0 fully saturated rings. The van der Waals surface area contributed by atoms with Gasteiger partial charge in [-0.15, -0.1) is 0 Å². The molecule has 0 radical (unpaired) electrons. The summed E-state index contributed by atoms with van der Waals surface area (Å²) in [5, 5.41) is 16.8. The molecule has 1 unspecified atom stereocenters. The van der Waals surface area contributed by atoms with Crippen LogP contribution in [-0.4, -0.2) is 48.5 Å². The molecule has 0 aliphatic heterocycles. The molecule has 0 aromatic carbocycles. The topological polar surface area (TPSA) is 83.3 Å². The zero-order valence-corrected chi connectivity index (χ0v) is 11.1. The second kappa shape index (κ2) is 6.15. The first-order valence-electron chi connectivity index (χ1n) is 5.68. The SMILES string of the molecule is CNc1ccc([N+](=O)[O-])c(NC(C)CN(C)C)n1. The van der Waals surface area contributed by atoms with E-state index in [4.69, 9.17) is 0 Å². The van der Waals surface area contributed by atoms with Crippen molar-refractivity contribution in [3.8, 4) is 0 Å². The quantitative estimate of drug-likeness (QED) is 0.589. The first-order valence-corrected chi connectivity index (χ1v) is 5.68. The zero-order valence-electron chi connectivity index (χ0n) is 11.1. The van der Waals surface area contributed by atoms with Gasteiger partial charge in [-0.05, 0) is 27.1 Å². The van der Waals surface area contributed by atoms with Crippen molar-refractivity contribution in [1.82, 2.24) is 9.88 Å². The number of anilines is 2. The van der Waals surface area contributed by atoms with Gasteiger partial charge in [0.25, 0.3) is 0 Å². The summed E-state index contributed by atoms with van der Waals surface area (Å²) in [4.78, 5) is 16.7. The lowest BCUT2D eigenvalue weighted by Crippen LogP contribution is -2.30. The van der Waals surface area contributed by atoms with Gasteiger partial charge in [-0.2, -0.15) is 0 Å². The van der Waals surface area contributed by atoms with Crippen molar-refractivity contribution in [3.05, 3.63) is 22.2 Å². The van der Waals surface area contributed by atoms with Gasteiger partial charge < -0.3 is 15.5 Å². The van der Waals surface area contributed by atoms with Crippen molar-refractivity contribution in [2.75, 3.05) is 38.3 Å².